The van der Waals surface area contributed by atoms with Crippen LogP contribution in [0.5, 0.6) is 11.5 Å². The number of likely N-dealkylation sites (tertiary alicyclic amines) is 2. The Balaban J connectivity index is 1.10. The SMILES string of the molecule is CN1CC2(C1)CN(C1CCC(n3nc(-c4ccc(Oc5ccccc5)cc4)c4c(N)ncnc43)CC1)C2. The number of aromatic nitrogens is 4. The summed E-state index contributed by atoms with van der Waals surface area (Å²) in [7, 11) is 2.23. The minimum Gasteiger partial charge on any atom is -0.457 e. The lowest BCUT2D eigenvalue weighted by Crippen LogP contribution is -2.72. The summed E-state index contributed by atoms with van der Waals surface area (Å²) in [6, 6.07) is 18.8. The van der Waals surface area contributed by atoms with E-state index in [0.717, 1.165) is 46.6 Å². The number of benzene rings is 2. The van der Waals surface area contributed by atoms with Gasteiger partial charge in [0.05, 0.1) is 11.4 Å². The Morgan fingerprint density at radius 3 is 2.22 bits per heavy atom. The van der Waals surface area contributed by atoms with Gasteiger partial charge in [-0.2, -0.15) is 5.10 Å². The van der Waals surface area contributed by atoms with Gasteiger partial charge in [0.2, 0.25) is 0 Å². The summed E-state index contributed by atoms with van der Waals surface area (Å²) in [5.74, 6) is 2.06. The number of nitrogens with two attached hydrogens (primary N) is 1. The standard InChI is InChI=1S/C29H33N7O/c1-34-15-29(16-34)17-35(18-29)21-9-11-22(12-10-21)36-28-25(27(30)31-19-32-28)26(33-36)20-7-13-24(14-8-20)37-23-5-3-2-4-6-23/h2-8,13-14,19,21-22H,9-12,15-18H2,1H3,(H2,30,31,32). The van der Waals surface area contributed by atoms with Crippen LogP contribution in [0.2, 0.25) is 0 Å². The number of nitrogen functional groups attached to an aromatic ring is 1. The van der Waals surface area contributed by atoms with Crippen molar-refractivity contribution in [2.75, 3.05) is 39.0 Å². The average Bonchev–Trinajstić information content (AvgIpc) is 3.28. The van der Waals surface area contributed by atoms with E-state index in [-0.39, 0.29) is 0 Å². The molecule has 0 radical (unpaired) electrons. The summed E-state index contributed by atoms with van der Waals surface area (Å²) < 4.78 is 8.09. The molecule has 3 aliphatic rings. The van der Waals surface area contributed by atoms with E-state index in [4.69, 9.17) is 15.6 Å². The molecule has 4 aromatic rings. The van der Waals surface area contributed by atoms with Gasteiger partial charge in [-0.25, -0.2) is 14.6 Å². The van der Waals surface area contributed by atoms with Gasteiger partial charge in [-0.3, -0.25) is 4.90 Å². The monoisotopic (exact) mass is 495 g/mol. The molecule has 8 nitrogen and oxygen atoms in total. The number of anilines is 1. The zero-order valence-electron chi connectivity index (χ0n) is 21.3. The maximum absolute atomic E-state index is 6.37. The van der Waals surface area contributed by atoms with Crippen LogP contribution in [0.4, 0.5) is 5.82 Å². The van der Waals surface area contributed by atoms with Gasteiger partial charge in [0.25, 0.3) is 0 Å². The third-order valence-corrected chi connectivity index (χ3v) is 8.44. The predicted octanol–water partition coefficient (Wildman–Crippen LogP) is 4.60. The van der Waals surface area contributed by atoms with Crippen molar-refractivity contribution in [3.63, 3.8) is 0 Å². The normalized spacial score (nSPS) is 23.6. The average molecular weight is 496 g/mol. The van der Waals surface area contributed by atoms with Crippen molar-refractivity contribution in [3.8, 4) is 22.8 Å². The molecule has 3 fully saturated rings. The van der Waals surface area contributed by atoms with E-state index in [9.17, 15) is 0 Å². The lowest BCUT2D eigenvalue weighted by Gasteiger charge is -2.62. The van der Waals surface area contributed by atoms with Crippen molar-refractivity contribution in [2.45, 2.75) is 37.8 Å². The van der Waals surface area contributed by atoms with Crippen LogP contribution in [0.1, 0.15) is 31.7 Å². The van der Waals surface area contributed by atoms with Gasteiger partial charge >= 0.3 is 0 Å². The third kappa shape index (κ3) is 4.04. The van der Waals surface area contributed by atoms with Gasteiger partial charge < -0.3 is 15.4 Å². The highest BCUT2D eigenvalue weighted by atomic mass is 16.5. The van der Waals surface area contributed by atoms with Gasteiger partial charge in [-0.15, -0.1) is 0 Å². The van der Waals surface area contributed by atoms with Crippen molar-refractivity contribution in [1.29, 1.82) is 0 Å². The molecular weight excluding hydrogens is 462 g/mol. The molecule has 2 aliphatic heterocycles. The molecule has 0 amide bonds. The Kier molecular flexibility index (Phi) is 5.41. The highest BCUT2D eigenvalue weighted by Crippen LogP contribution is 2.43. The fourth-order valence-electron chi connectivity index (χ4n) is 6.80. The molecule has 0 bridgehead atoms. The number of para-hydroxylation sites is 1. The van der Waals surface area contributed by atoms with Crippen molar-refractivity contribution in [3.05, 3.63) is 60.9 Å². The maximum Gasteiger partial charge on any atom is 0.164 e. The van der Waals surface area contributed by atoms with Crippen LogP contribution in [0.25, 0.3) is 22.3 Å². The fraction of sp³-hybridized carbons (Fsp3) is 0.414. The van der Waals surface area contributed by atoms with Gasteiger partial charge in [0.15, 0.2) is 5.65 Å². The predicted molar refractivity (Wildman–Crippen MR) is 144 cm³/mol. The molecule has 190 valence electrons. The first-order valence-corrected chi connectivity index (χ1v) is 13.3. The molecule has 1 saturated carbocycles. The lowest BCUT2D eigenvalue weighted by molar-refractivity contribution is -0.126. The van der Waals surface area contributed by atoms with E-state index in [1.807, 2.05) is 54.6 Å². The molecule has 1 aliphatic carbocycles. The summed E-state index contributed by atoms with van der Waals surface area (Å²) in [4.78, 5) is 14.1. The highest BCUT2D eigenvalue weighted by molar-refractivity contribution is 5.98. The number of hydrogen-bond acceptors (Lipinski definition) is 7. The third-order valence-electron chi connectivity index (χ3n) is 8.44. The van der Waals surface area contributed by atoms with Gasteiger partial charge in [-0.1, -0.05) is 18.2 Å². The Hall–Kier alpha value is -3.49. The second-order valence-electron chi connectivity index (χ2n) is 11.2. The van der Waals surface area contributed by atoms with E-state index in [0.29, 0.717) is 23.3 Å². The number of rotatable bonds is 5. The minimum atomic E-state index is 0.326. The van der Waals surface area contributed by atoms with Crippen molar-refractivity contribution in [1.82, 2.24) is 29.5 Å². The number of hydrogen-bond donors (Lipinski definition) is 1. The molecule has 4 heterocycles. The Morgan fingerprint density at radius 1 is 0.838 bits per heavy atom. The molecule has 7 rings (SSSR count). The Bertz CT molecular complexity index is 1400. The molecule has 2 N–H and O–H groups in total. The first-order valence-electron chi connectivity index (χ1n) is 13.3. The van der Waals surface area contributed by atoms with Crippen molar-refractivity contribution < 1.29 is 4.74 Å². The molecule has 2 saturated heterocycles. The van der Waals surface area contributed by atoms with Gasteiger partial charge in [-0.05, 0) is 69.1 Å². The second kappa shape index (κ2) is 8.82. The molecule has 2 aromatic carbocycles. The van der Waals surface area contributed by atoms with Gasteiger partial charge in [0.1, 0.15) is 29.3 Å². The summed E-state index contributed by atoms with van der Waals surface area (Å²) in [6.07, 6.45) is 6.19. The van der Waals surface area contributed by atoms with Crippen LogP contribution in [-0.4, -0.2) is 68.8 Å². The van der Waals surface area contributed by atoms with E-state index >= 15 is 0 Å². The van der Waals surface area contributed by atoms with E-state index in [1.165, 1.54) is 39.0 Å². The van der Waals surface area contributed by atoms with Crippen LogP contribution >= 0.6 is 0 Å². The second-order valence-corrected chi connectivity index (χ2v) is 11.2. The number of ether oxygens (including phenoxy) is 1. The Labute approximate surface area is 217 Å². The van der Waals surface area contributed by atoms with Crippen molar-refractivity contribution in [2.24, 2.45) is 5.41 Å². The van der Waals surface area contributed by atoms with Crippen LogP contribution in [0, 0.1) is 5.41 Å². The molecule has 0 atom stereocenters. The first-order chi connectivity index (χ1) is 18.1. The zero-order chi connectivity index (χ0) is 25.0. The lowest BCUT2D eigenvalue weighted by atomic mass is 9.71. The fourth-order valence-corrected chi connectivity index (χ4v) is 6.80. The van der Waals surface area contributed by atoms with Crippen LogP contribution in [0.15, 0.2) is 60.9 Å². The quantitative estimate of drug-likeness (QED) is 0.433. The van der Waals surface area contributed by atoms with Crippen LogP contribution < -0.4 is 10.5 Å². The smallest absolute Gasteiger partial charge is 0.164 e. The molecule has 0 unspecified atom stereocenters. The minimum absolute atomic E-state index is 0.326. The summed E-state index contributed by atoms with van der Waals surface area (Å²) in [5, 5.41) is 5.92. The van der Waals surface area contributed by atoms with Crippen molar-refractivity contribution >= 4 is 16.9 Å². The van der Waals surface area contributed by atoms with Gasteiger partial charge in [0, 0.05) is 43.2 Å². The first kappa shape index (κ1) is 22.7. The maximum atomic E-state index is 6.37. The zero-order valence-corrected chi connectivity index (χ0v) is 21.3. The molecule has 1 spiro atoms. The number of nitrogens with zero attached hydrogens (tertiary/aromatic N) is 6. The molecule has 8 heteroatoms. The molecular formula is C29H33N7O. The molecule has 37 heavy (non-hydrogen) atoms. The topological polar surface area (TPSA) is 85.3 Å². The molecule has 2 aromatic heterocycles. The van der Waals surface area contributed by atoms with E-state index in [1.54, 1.807) is 6.33 Å². The number of fused-ring (bicyclic) bond motifs is 1. The Morgan fingerprint density at radius 2 is 1.51 bits per heavy atom. The highest BCUT2D eigenvalue weighted by Gasteiger charge is 2.52. The van der Waals surface area contributed by atoms with Crippen LogP contribution in [0.3, 0.4) is 0 Å². The largest absolute Gasteiger partial charge is 0.457 e. The van der Waals surface area contributed by atoms with Crippen LogP contribution in [-0.2, 0) is 0 Å². The summed E-state index contributed by atoms with van der Waals surface area (Å²) >= 11 is 0. The van der Waals surface area contributed by atoms with E-state index < -0.39 is 0 Å². The summed E-state index contributed by atoms with van der Waals surface area (Å²) in [6.45, 7) is 5.08. The summed E-state index contributed by atoms with van der Waals surface area (Å²) in [5.41, 5.74) is 9.61. The van der Waals surface area contributed by atoms with E-state index in [2.05, 4.69) is 31.5 Å².